The van der Waals surface area contributed by atoms with Gasteiger partial charge in [-0.1, -0.05) is 53.0 Å². The van der Waals surface area contributed by atoms with Crippen molar-refractivity contribution >= 4 is 46.5 Å². The van der Waals surface area contributed by atoms with E-state index in [9.17, 15) is 4.79 Å². The largest absolute Gasteiger partial charge is 0.489 e. The summed E-state index contributed by atoms with van der Waals surface area (Å²) in [5.74, 6) is 0.979. The Morgan fingerprint density at radius 1 is 0.941 bits per heavy atom. The topological polar surface area (TPSA) is 56.1 Å². The minimum atomic E-state index is -0.247. The molecule has 8 heteroatoms. The van der Waals surface area contributed by atoms with Crippen LogP contribution in [0.1, 0.15) is 32.7 Å². The Hall–Kier alpha value is -2.99. The molecule has 0 spiro atoms. The highest BCUT2D eigenvalue weighted by molar-refractivity contribution is 6.42. The van der Waals surface area contributed by atoms with Gasteiger partial charge in [0.25, 0.3) is 5.91 Å². The van der Waals surface area contributed by atoms with Gasteiger partial charge in [-0.05, 0) is 73.0 Å². The number of ether oxygens (including phenoxy) is 1. The fourth-order valence-electron chi connectivity index (χ4n) is 3.47. The summed E-state index contributed by atoms with van der Waals surface area (Å²) in [7, 11) is 0. The van der Waals surface area contributed by atoms with Crippen molar-refractivity contribution in [2.24, 2.45) is 0 Å². The molecule has 0 unspecified atom stereocenters. The summed E-state index contributed by atoms with van der Waals surface area (Å²) in [6, 6.07) is 20.1. The average Bonchev–Trinajstić information content (AvgIpc) is 3.14. The first-order valence-corrected chi connectivity index (χ1v) is 11.7. The summed E-state index contributed by atoms with van der Waals surface area (Å²) < 4.78 is 7.70. The first kappa shape index (κ1) is 24.1. The van der Waals surface area contributed by atoms with E-state index in [-0.39, 0.29) is 5.91 Å². The lowest BCUT2D eigenvalue weighted by Gasteiger charge is -2.10. The lowest BCUT2D eigenvalue weighted by atomic mass is 10.1. The normalized spacial score (nSPS) is 10.9. The van der Waals surface area contributed by atoms with Crippen molar-refractivity contribution in [1.82, 2.24) is 9.78 Å². The molecule has 34 heavy (non-hydrogen) atoms. The van der Waals surface area contributed by atoms with Crippen molar-refractivity contribution in [2.75, 3.05) is 5.32 Å². The molecule has 0 radical (unpaired) electrons. The molecule has 1 heterocycles. The number of aromatic nitrogens is 2. The van der Waals surface area contributed by atoms with Crippen LogP contribution in [-0.4, -0.2) is 15.7 Å². The van der Waals surface area contributed by atoms with Crippen LogP contribution in [0, 0.1) is 13.8 Å². The molecule has 0 aliphatic heterocycles. The zero-order valence-electron chi connectivity index (χ0n) is 18.6. The Labute approximate surface area is 213 Å². The highest BCUT2D eigenvalue weighted by Crippen LogP contribution is 2.24. The van der Waals surface area contributed by atoms with Crippen LogP contribution in [-0.2, 0) is 13.2 Å². The van der Waals surface area contributed by atoms with Crippen LogP contribution in [0.2, 0.25) is 15.1 Å². The second kappa shape index (κ2) is 10.5. The van der Waals surface area contributed by atoms with Crippen LogP contribution in [0.4, 0.5) is 5.82 Å². The average molecular weight is 515 g/mol. The molecule has 1 aromatic heterocycles. The Kier molecular flexibility index (Phi) is 7.47. The molecule has 3 aromatic carbocycles. The first-order chi connectivity index (χ1) is 16.3. The maximum Gasteiger partial charge on any atom is 0.256 e. The van der Waals surface area contributed by atoms with Gasteiger partial charge in [-0.15, -0.1) is 0 Å². The van der Waals surface area contributed by atoms with E-state index < -0.39 is 0 Å². The summed E-state index contributed by atoms with van der Waals surface area (Å²) in [6.45, 7) is 4.71. The summed E-state index contributed by atoms with van der Waals surface area (Å²) in [5.41, 5.74) is 4.21. The van der Waals surface area contributed by atoms with E-state index in [1.165, 1.54) is 0 Å². The second-order valence-corrected chi connectivity index (χ2v) is 9.18. The number of carbonyl (C=O) groups is 1. The quantitative estimate of drug-likeness (QED) is 0.281. The van der Waals surface area contributed by atoms with Gasteiger partial charge in [0.05, 0.1) is 16.6 Å². The summed E-state index contributed by atoms with van der Waals surface area (Å²) in [6.07, 6.45) is 0. The number of nitrogens with one attached hydrogen (secondary N) is 1. The zero-order chi connectivity index (χ0) is 24.2. The van der Waals surface area contributed by atoms with Crippen molar-refractivity contribution in [1.29, 1.82) is 0 Å². The monoisotopic (exact) mass is 513 g/mol. The molecule has 174 valence electrons. The van der Waals surface area contributed by atoms with E-state index in [0.717, 1.165) is 28.1 Å². The minimum Gasteiger partial charge on any atom is -0.489 e. The van der Waals surface area contributed by atoms with Gasteiger partial charge in [-0.2, -0.15) is 5.10 Å². The molecule has 0 aliphatic carbocycles. The standard InChI is InChI=1S/C26H22Cl3N3O2/c1-16-10-21(27)7-9-24(16)34-15-19-4-3-5-20(12-19)26(33)30-25-11-17(2)32(31-25)14-18-6-8-22(28)23(29)13-18/h3-13H,14-15H2,1-2H3,(H,30,31,33). The van der Waals surface area contributed by atoms with Gasteiger partial charge in [-0.3, -0.25) is 9.48 Å². The van der Waals surface area contributed by atoms with Gasteiger partial charge in [0.1, 0.15) is 12.4 Å². The lowest BCUT2D eigenvalue weighted by Crippen LogP contribution is -2.13. The summed E-state index contributed by atoms with van der Waals surface area (Å²) >= 11 is 18.1. The van der Waals surface area contributed by atoms with Crippen LogP contribution in [0.3, 0.4) is 0 Å². The summed E-state index contributed by atoms with van der Waals surface area (Å²) in [5, 5.41) is 9.04. The maximum atomic E-state index is 12.8. The molecule has 0 saturated heterocycles. The number of aryl methyl sites for hydroxylation is 2. The molecule has 0 fully saturated rings. The highest BCUT2D eigenvalue weighted by atomic mass is 35.5. The third-order valence-electron chi connectivity index (χ3n) is 5.26. The van der Waals surface area contributed by atoms with Crippen molar-refractivity contribution in [3.63, 3.8) is 0 Å². The molecule has 0 aliphatic rings. The molecule has 5 nitrogen and oxygen atoms in total. The van der Waals surface area contributed by atoms with Crippen LogP contribution >= 0.6 is 34.8 Å². The zero-order valence-corrected chi connectivity index (χ0v) is 20.9. The Balaban J connectivity index is 1.41. The lowest BCUT2D eigenvalue weighted by molar-refractivity contribution is 0.102. The molecule has 4 aromatic rings. The van der Waals surface area contributed by atoms with Gasteiger partial charge >= 0.3 is 0 Å². The van der Waals surface area contributed by atoms with Crippen molar-refractivity contribution in [3.8, 4) is 5.75 Å². The molecule has 0 bridgehead atoms. The van der Waals surface area contributed by atoms with E-state index in [4.69, 9.17) is 39.5 Å². The van der Waals surface area contributed by atoms with Gasteiger partial charge in [0.15, 0.2) is 5.82 Å². The van der Waals surface area contributed by atoms with Crippen LogP contribution in [0.15, 0.2) is 66.7 Å². The number of nitrogens with zero attached hydrogens (tertiary/aromatic N) is 2. The number of benzene rings is 3. The fraction of sp³-hybridized carbons (Fsp3) is 0.154. The predicted octanol–water partition coefficient (Wildman–Crippen LogP) is 7.34. The molecular formula is C26H22Cl3N3O2. The molecule has 1 amide bonds. The highest BCUT2D eigenvalue weighted by Gasteiger charge is 2.12. The van der Waals surface area contributed by atoms with Crippen LogP contribution < -0.4 is 10.1 Å². The molecule has 0 saturated carbocycles. The molecular weight excluding hydrogens is 493 g/mol. The fourth-order valence-corrected chi connectivity index (χ4v) is 4.02. The number of hydrogen-bond acceptors (Lipinski definition) is 3. The maximum absolute atomic E-state index is 12.8. The SMILES string of the molecule is Cc1cc(Cl)ccc1OCc1cccc(C(=O)Nc2cc(C)n(Cc3ccc(Cl)c(Cl)c3)n2)c1. The van der Waals surface area contributed by atoms with Crippen molar-refractivity contribution in [3.05, 3.63) is 110 Å². The minimum absolute atomic E-state index is 0.247. The molecule has 4 rings (SSSR count). The third kappa shape index (κ3) is 5.92. The van der Waals surface area contributed by atoms with Crippen LogP contribution in [0.25, 0.3) is 0 Å². The third-order valence-corrected chi connectivity index (χ3v) is 6.23. The van der Waals surface area contributed by atoms with Gasteiger partial charge < -0.3 is 10.1 Å². The first-order valence-electron chi connectivity index (χ1n) is 10.6. The Bertz CT molecular complexity index is 1350. The Morgan fingerprint density at radius 3 is 2.53 bits per heavy atom. The van der Waals surface area contributed by atoms with E-state index >= 15 is 0 Å². The number of anilines is 1. The number of hydrogen-bond donors (Lipinski definition) is 1. The van der Waals surface area contributed by atoms with Gasteiger partial charge in [0.2, 0.25) is 0 Å². The number of carbonyl (C=O) groups excluding carboxylic acids is 1. The Morgan fingerprint density at radius 2 is 1.76 bits per heavy atom. The van der Waals surface area contributed by atoms with E-state index in [1.807, 2.05) is 56.3 Å². The van der Waals surface area contributed by atoms with E-state index in [1.54, 1.807) is 28.9 Å². The van der Waals surface area contributed by atoms with Gasteiger partial charge in [0, 0.05) is 22.3 Å². The van der Waals surface area contributed by atoms with Crippen molar-refractivity contribution < 1.29 is 9.53 Å². The van der Waals surface area contributed by atoms with Gasteiger partial charge in [-0.25, -0.2) is 0 Å². The predicted molar refractivity (Wildman–Crippen MR) is 137 cm³/mol. The molecule has 1 N–H and O–H groups in total. The van der Waals surface area contributed by atoms with Crippen LogP contribution in [0.5, 0.6) is 5.75 Å². The number of rotatable bonds is 7. The molecule has 0 atom stereocenters. The van der Waals surface area contributed by atoms with Crippen molar-refractivity contribution in [2.45, 2.75) is 27.0 Å². The summed E-state index contributed by atoms with van der Waals surface area (Å²) in [4.78, 5) is 12.8. The smallest absolute Gasteiger partial charge is 0.256 e. The second-order valence-electron chi connectivity index (χ2n) is 7.93. The number of halogens is 3. The van der Waals surface area contributed by atoms with E-state index in [2.05, 4.69) is 10.4 Å². The van der Waals surface area contributed by atoms with E-state index in [0.29, 0.717) is 39.6 Å². The number of amides is 1.